The van der Waals surface area contributed by atoms with Crippen molar-refractivity contribution in [3.63, 3.8) is 0 Å². The monoisotopic (exact) mass is 144 g/mol. The van der Waals surface area contributed by atoms with Gasteiger partial charge in [0.1, 0.15) is 5.69 Å². The maximum absolute atomic E-state index is 12.2. The molecule has 10 heavy (non-hydrogen) atoms. The molecule has 1 aromatic heterocycles. The molecule has 0 aliphatic rings. The van der Waals surface area contributed by atoms with Crippen molar-refractivity contribution in [3.8, 4) is 0 Å². The van der Waals surface area contributed by atoms with E-state index in [0.717, 1.165) is 10.7 Å². The summed E-state index contributed by atoms with van der Waals surface area (Å²) in [4.78, 5) is 10.2. The van der Waals surface area contributed by atoms with Crippen LogP contribution in [0.4, 0.5) is 4.39 Å². The number of aromatic nitrogens is 2. The van der Waals surface area contributed by atoms with Gasteiger partial charge in [-0.2, -0.15) is 4.39 Å². The summed E-state index contributed by atoms with van der Waals surface area (Å²) < 4.78 is 13.1. The number of rotatable bonds is 1. The fourth-order valence-electron chi connectivity index (χ4n) is 0.632. The summed E-state index contributed by atoms with van der Waals surface area (Å²) >= 11 is 0. The number of hydrogen-bond acceptors (Lipinski definition) is 2. The summed E-state index contributed by atoms with van der Waals surface area (Å²) in [6, 6.07) is 0.863. The molecule has 0 amide bonds. The second-order valence-electron chi connectivity index (χ2n) is 1.78. The molecule has 1 N–H and O–H groups in total. The fraction of sp³-hybridized carbons (Fsp3) is 0.200. The number of nitrogens with zero attached hydrogens (tertiary/aromatic N) is 2. The summed E-state index contributed by atoms with van der Waals surface area (Å²) in [5.74, 6) is -1.96. The molecule has 0 atom stereocenters. The Kier molecular flexibility index (Phi) is 1.41. The van der Waals surface area contributed by atoms with E-state index in [2.05, 4.69) is 5.10 Å². The standard InChI is InChI=1S/C5H5FN2O2/c1-8-3(5(9)10)2-4(6)7-8/h2H,1H3,(H,9,10). The average Bonchev–Trinajstić information content (AvgIpc) is 2.10. The number of carboxylic acids is 1. The number of carboxylic acid groups (broad SMARTS) is 1. The van der Waals surface area contributed by atoms with Crippen LogP contribution in [0.2, 0.25) is 0 Å². The SMILES string of the molecule is Cn1nc(F)cc1C(=O)O. The lowest BCUT2D eigenvalue weighted by Gasteiger charge is -1.90. The van der Waals surface area contributed by atoms with E-state index in [1.54, 1.807) is 0 Å². The van der Waals surface area contributed by atoms with Crippen LogP contribution >= 0.6 is 0 Å². The molecule has 0 aliphatic heterocycles. The van der Waals surface area contributed by atoms with E-state index in [-0.39, 0.29) is 5.69 Å². The van der Waals surface area contributed by atoms with Crippen molar-refractivity contribution in [1.29, 1.82) is 0 Å². The highest BCUT2D eigenvalue weighted by atomic mass is 19.1. The zero-order valence-corrected chi connectivity index (χ0v) is 5.21. The van der Waals surface area contributed by atoms with Crippen molar-refractivity contribution in [2.75, 3.05) is 0 Å². The lowest BCUT2D eigenvalue weighted by molar-refractivity contribution is 0.0685. The highest BCUT2D eigenvalue weighted by Gasteiger charge is 2.10. The molecule has 0 saturated heterocycles. The molecule has 0 saturated carbocycles. The predicted molar refractivity (Wildman–Crippen MR) is 30.1 cm³/mol. The topological polar surface area (TPSA) is 55.1 Å². The number of aryl methyl sites for hydroxylation is 1. The van der Waals surface area contributed by atoms with E-state index < -0.39 is 11.9 Å². The third-order valence-electron chi connectivity index (χ3n) is 1.07. The van der Waals surface area contributed by atoms with Crippen LogP contribution in [-0.4, -0.2) is 20.9 Å². The normalized spacial score (nSPS) is 9.80. The Morgan fingerprint density at radius 2 is 2.50 bits per heavy atom. The Balaban J connectivity index is 3.15. The first-order valence-corrected chi connectivity index (χ1v) is 2.54. The molecule has 0 fully saturated rings. The molecule has 0 radical (unpaired) electrons. The molecular weight excluding hydrogens is 139 g/mol. The molecule has 1 rings (SSSR count). The van der Waals surface area contributed by atoms with E-state index in [1.165, 1.54) is 7.05 Å². The van der Waals surface area contributed by atoms with Crippen LogP contribution in [0.3, 0.4) is 0 Å². The van der Waals surface area contributed by atoms with Gasteiger partial charge in [0.15, 0.2) is 0 Å². The van der Waals surface area contributed by atoms with Crippen LogP contribution in [-0.2, 0) is 7.05 Å². The Hall–Kier alpha value is -1.39. The van der Waals surface area contributed by atoms with Crippen molar-refractivity contribution in [3.05, 3.63) is 17.7 Å². The van der Waals surface area contributed by atoms with Crippen molar-refractivity contribution in [1.82, 2.24) is 9.78 Å². The number of halogens is 1. The van der Waals surface area contributed by atoms with Gasteiger partial charge >= 0.3 is 5.97 Å². The summed E-state index contributed by atoms with van der Waals surface area (Å²) in [5.41, 5.74) is -0.155. The molecule has 0 bridgehead atoms. The molecule has 5 heteroatoms. The van der Waals surface area contributed by atoms with Crippen LogP contribution in [0.25, 0.3) is 0 Å². The van der Waals surface area contributed by atoms with Gasteiger partial charge in [-0.1, -0.05) is 0 Å². The smallest absolute Gasteiger partial charge is 0.354 e. The van der Waals surface area contributed by atoms with Crippen LogP contribution < -0.4 is 0 Å². The number of aromatic carboxylic acids is 1. The largest absolute Gasteiger partial charge is 0.477 e. The maximum Gasteiger partial charge on any atom is 0.354 e. The minimum atomic E-state index is -1.18. The van der Waals surface area contributed by atoms with E-state index in [0.29, 0.717) is 0 Å². The van der Waals surface area contributed by atoms with Crippen molar-refractivity contribution >= 4 is 5.97 Å². The predicted octanol–water partition coefficient (Wildman–Crippen LogP) is 0.257. The summed E-state index contributed by atoms with van der Waals surface area (Å²) in [6.45, 7) is 0. The van der Waals surface area contributed by atoms with Crippen LogP contribution in [0, 0.1) is 5.95 Å². The van der Waals surface area contributed by atoms with Crippen molar-refractivity contribution in [2.45, 2.75) is 0 Å². The number of carbonyl (C=O) groups is 1. The summed E-state index contributed by atoms with van der Waals surface area (Å²) in [7, 11) is 1.37. The Labute approximate surface area is 55.9 Å². The van der Waals surface area contributed by atoms with Gasteiger partial charge in [0.2, 0.25) is 5.95 Å². The second-order valence-corrected chi connectivity index (χ2v) is 1.78. The first-order valence-electron chi connectivity index (χ1n) is 2.54. The van der Waals surface area contributed by atoms with Crippen LogP contribution in [0.1, 0.15) is 10.5 Å². The highest BCUT2D eigenvalue weighted by Crippen LogP contribution is 1.99. The minimum Gasteiger partial charge on any atom is -0.477 e. The quantitative estimate of drug-likeness (QED) is 0.615. The summed E-state index contributed by atoms with van der Waals surface area (Å²) in [5, 5.41) is 11.6. The molecule has 0 aromatic carbocycles. The molecule has 1 heterocycles. The first kappa shape index (κ1) is 6.73. The van der Waals surface area contributed by atoms with E-state index in [9.17, 15) is 9.18 Å². The minimum absolute atomic E-state index is 0.155. The maximum atomic E-state index is 12.2. The Morgan fingerprint density at radius 3 is 2.70 bits per heavy atom. The molecule has 54 valence electrons. The third-order valence-corrected chi connectivity index (χ3v) is 1.07. The Morgan fingerprint density at radius 1 is 1.90 bits per heavy atom. The van der Waals surface area contributed by atoms with Crippen molar-refractivity contribution in [2.24, 2.45) is 7.05 Å². The zero-order chi connectivity index (χ0) is 7.72. The van der Waals surface area contributed by atoms with E-state index in [4.69, 9.17) is 5.11 Å². The van der Waals surface area contributed by atoms with Gasteiger partial charge in [0, 0.05) is 13.1 Å². The van der Waals surface area contributed by atoms with Gasteiger partial charge in [-0.05, 0) is 0 Å². The molecule has 0 unspecified atom stereocenters. The lowest BCUT2D eigenvalue weighted by Crippen LogP contribution is -2.04. The fourth-order valence-corrected chi connectivity index (χ4v) is 0.632. The lowest BCUT2D eigenvalue weighted by atomic mass is 10.4. The second kappa shape index (κ2) is 2.09. The highest BCUT2D eigenvalue weighted by molar-refractivity contribution is 5.85. The average molecular weight is 144 g/mol. The van der Waals surface area contributed by atoms with Gasteiger partial charge in [0.05, 0.1) is 0 Å². The molecule has 1 aromatic rings. The van der Waals surface area contributed by atoms with Gasteiger partial charge < -0.3 is 5.11 Å². The molecular formula is C5H5FN2O2. The first-order chi connectivity index (χ1) is 4.61. The summed E-state index contributed by atoms with van der Waals surface area (Å²) in [6.07, 6.45) is 0. The van der Waals surface area contributed by atoms with Crippen LogP contribution in [0.15, 0.2) is 6.07 Å². The van der Waals surface area contributed by atoms with Crippen LogP contribution in [0.5, 0.6) is 0 Å². The molecule has 4 nitrogen and oxygen atoms in total. The molecule has 0 aliphatic carbocycles. The van der Waals surface area contributed by atoms with E-state index >= 15 is 0 Å². The number of hydrogen-bond donors (Lipinski definition) is 1. The van der Waals surface area contributed by atoms with Gasteiger partial charge in [-0.3, -0.25) is 4.68 Å². The van der Waals surface area contributed by atoms with Gasteiger partial charge in [-0.25, -0.2) is 4.79 Å². The molecule has 0 spiro atoms. The van der Waals surface area contributed by atoms with Gasteiger partial charge in [0.25, 0.3) is 0 Å². The Bertz CT molecular complexity index is 269. The zero-order valence-electron chi connectivity index (χ0n) is 5.21. The van der Waals surface area contributed by atoms with Gasteiger partial charge in [-0.15, -0.1) is 5.10 Å². The van der Waals surface area contributed by atoms with Crippen molar-refractivity contribution < 1.29 is 14.3 Å². The third kappa shape index (κ3) is 0.975. The van der Waals surface area contributed by atoms with E-state index in [1.807, 2.05) is 0 Å².